The zero-order valence-electron chi connectivity index (χ0n) is 18.7. The van der Waals surface area contributed by atoms with Gasteiger partial charge in [0.1, 0.15) is 5.56 Å². The lowest BCUT2D eigenvalue weighted by Gasteiger charge is -2.44. The molecule has 8 nitrogen and oxygen atoms in total. The second-order valence-corrected chi connectivity index (χ2v) is 9.99. The molecule has 1 aromatic heterocycles. The Morgan fingerprint density at radius 1 is 1.13 bits per heavy atom. The summed E-state index contributed by atoms with van der Waals surface area (Å²) in [5.41, 5.74) is 1.84. The molecule has 1 saturated carbocycles. The standard InChI is InChI=1S/C23H34N4O4/c1-23(2)12-16(13-23)21(30)27-6-4-18-17(15-27)14-24-20(29)19(18)22(31)26-9-7-25(8-10-26)5-3-11-28/h14,16,28H,3-13,15H2,1-2H3,(H,24,29). The predicted molar refractivity (Wildman–Crippen MR) is 117 cm³/mol. The Morgan fingerprint density at radius 3 is 2.48 bits per heavy atom. The lowest BCUT2D eigenvalue weighted by atomic mass is 9.64. The number of nitrogens with one attached hydrogen (secondary N) is 1. The molecule has 0 bridgehead atoms. The number of pyridine rings is 1. The molecule has 0 radical (unpaired) electrons. The number of aromatic nitrogens is 1. The second-order valence-electron chi connectivity index (χ2n) is 9.99. The molecule has 0 aromatic carbocycles. The molecular formula is C23H34N4O4. The third-order valence-electron chi connectivity index (χ3n) is 7.05. The Hall–Kier alpha value is -2.19. The molecule has 1 aliphatic carbocycles. The van der Waals surface area contributed by atoms with Gasteiger partial charge in [0.25, 0.3) is 11.5 Å². The molecule has 3 heterocycles. The summed E-state index contributed by atoms with van der Waals surface area (Å²) in [6.07, 6.45) is 4.79. The molecule has 2 N–H and O–H groups in total. The zero-order valence-corrected chi connectivity index (χ0v) is 18.7. The minimum Gasteiger partial charge on any atom is -0.396 e. The Bertz CT molecular complexity index is 893. The third-order valence-corrected chi connectivity index (χ3v) is 7.05. The van der Waals surface area contributed by atoms with Gasteiger partial charge in [-0.25, -0.2) is 0 Å². The maximum Gasteiger partial charge on any atom is 0.261 e. The quantitative estimate of drug-likeness (QED) is 0.722. The average molecular weight is 431 g/mol. The highest BCUT2D eigenvalue weighted by Crippen LogP contribution is 2.45. The number of amides is 2. The van der Waals surface area contributed by atoms with Gasteiger partial charge in [-0.05, 0) is 42.2 Å². The van der Waals surface area contributed by atoms with E-state index in [-0.39, 0.29) is 40.9 Å². The van der Waals surface area contributed by atoms with Crippen molar-refractivity contribution in [3.8, 4) is 0 Å². The molecule has 170 valence electrons. The summed E-state index contributed by atoms with van der Waals surface area (Å²) < 4.78 is 0. The van der Waals surface area contributed by atoms with Crippen molar-refractivity contribution in [1.82, 2.24) is 19.7 Å². The first-order chi connectivity index (χ1) is 14.8. The summed E-state index contributed by atoms with van der Waals surface area (Å²) in [5, 5.41) is 9.00. The van der Waals surface area contributed by atoms with Gasteiger partial charge in [-0.3, -0.25) is 19.3 Å². The Kier molecular flexibility index (Phi) is 6.21. The molecule has 3 aliphatic rings. The SMILES string of the molecule is CC1(C)CC(C(=O)N2CCc3c(c[nH]c(=O)c3C(=O)N3CCN(CCCO)CC3)C2)C1. The van der Waals surface area contributed by atoms with Crippen LogP contribution >= 0.6 is 0 Å². The van der Waals surface area contributed by atoms with Gasteiger partial charge in [-0.1, -0.05) is 13.8 Å². The van der Waals surface area contributed by atoms with Crippen molar-refractivity contribution in [3.63, 3.8) is 0 Å². The molecule has 0 spiro atoms. The molecule has 0 atom stereocenters. The van der Waals surface area contributed by atoms with Crippen LogP contribution in [0.5, 0.6) is 0 Å². The summed E-state index contributed by atoms with van der Waals surface area (Å²) in [7, 11) is 0. The van der Waals surface area contributed by atoms with Crippen molar-refractivity contribution in [2.24, 2.45) is 11.3 Å². The van der Waals surface area contributed by atoms with Crippen LogP contribution in [0.1, 0.15) is 54.6 Å². The van der Waals surface area contributed by atoms with Gasteiger partial charge < -0.3 is 19.9 Å². The van der Waals surface area contributed by atoms with Crippen LogP contribution in [0.4, 0.5) is 0 Å². The summed E-state index contributed by atoms with van der Waals surface area (Å²) in [4.78, 5) is 47.3. The third kappa shape index (κ3) is 4.55. The first-order valence-corrected chi connectivity index (χ1v) is 11.4. The molecule has 2 aliphatic heterocycles. The number of piperazine rings is 1. The molecule has 2 amide bonds. The van der Waals surface area contributed by atoms with E-state index in [1.165, 1.54) is 0 Å². The number of fused-ring (bicyclic) bond motifs is 1. The molecule has 8 heteroatoms. The van der Waals surface area contributed by atoms with Crippen molar-refractivity contribution in [2.75, 3.05) is 45.9 Å². The molecule has 4 rings (SSSR count). The van der Waals surface area contributed by atoms with E-state index < -0.39 is 0 Å². The van der Waals surface area contributed by atoms with Crippen molar-refractivity contribution >= 4 is 11.8 Å². The van der Waals surface area contributed by atoms with Gasteiger partial charge in [-0.2, -0.15) is 0 Å². The number of carbonyl (C=O) groups excluding carboxylic acids is 2. The van der Waals surface area contributed by atoms with E-state index >= 15 is 0 Å². The highest BCUT2D eigenvalue weighted by Gasteiger charge is 2.42. The number of aromatic amines is 1. The number of nitrogens with zero attached hydrogens (tertiary/aromatic N) is 3. The number of hydrogen-bond acceptors (Lipinski definition) is 5. The highest BCUT2D eigenvalue weighted by molar-refractivity contribution is 5.96. The summed E-state index contributed by atoms with van der Waals surface area (Å²) in [6, 6.07) is 0. The Balaban J connectivity index is 1.45. The van der Waals surface area contributed by atoms with E-state index in [2.05, 4.69) is 23.7 Å². The van der Waals surface area contributed by atoms with Crippen LogP contribution in [-0.2, 0) is 17.8 Å². The van der Waals surface area contributed by atoms with Gasteiger partial charge in [0, 0.05) is 64.5 Å². The van der Waals surface area contributed by atoms with Crippen LogP contribution in [0.3, 0.4) is 0 Å². The molecule has 2 fully saturated rings. The molecule has 1 saturated heterocycles. The minimum atomic E-state index is -0.341. The fraction of sp³-hybridized carbons (Fsp3) is 0.696. The van der Waals surface area contributed by atoms with Gasteiger partial charge >= 0.3 is 0 Å². The van der Waals surface area contributed by atoms with Crippen LogP contribution in [0.2, 0.25) is 0 Å². The van der Waals surface area contributed by atoms with Crippen molar-refractivity contribution in [3.05, 3.63) is 33.2 Å². The van der Waals surface area contributed by atoms with Crippen molar-refractivity contribution in [1.29, 1.82) is 0 Å². The van der Waals surface area contributed by atoms with Gasteiger partial charge in [0.15, 0.2) is 0 Å². The number of aliphatic hydroxyl groups excluding tert-OH is 1. The Labute approximate surface area is 183 Å². The fourth-order valence-electron chi connectivity index (χ4n) is 5.32. The summed E-state index contributed by atoms with van der Waals surface area (Å²) >= 11 is 0. The summed E-state index contributed by atoms with van der Waals surface area (Å²) in [5.74, 6) is 0.0889. The minimum absolute atomic E-state index is 0.0996. The smallest absolute Gasteiger partial charge is 0.261 e. The van der Waals surface area contributed by atoms with Gasteiger partial charge in [-0.15, -0.1) is 0 Å². The lowest BCUT2D eigenvalue weighted by Crippen LogP contribution is -2.50. The number of carbonyl (C=O) groups is 2. The van der Waals surface area contributed by atoms with E-state index in [0.717, 1.165) is 50.0 Å². The van der Waals surface area contributed by atoms with Crippen LogP contribution < -0.4 is 5.56 Å². The van der Waals surface area contributed by atoms with Crippen LogP contribution in [0.15, 0.2) is 11.0 Å². The average Bonchev–Trinajstić information content (AvgIpc) is 2.75. The predicted octanol–water partition coefficient (Wildman–Crippen LogP) is 0.836. The number of aliphatic hydroxyl groups is 1. The van der Waals surface area contributed by atoms with E-state index in [0.29, 0.717) is 32.6 Å². The van der Waals surface area contributed by atoms with E-state index in [1.54, 1.807) is 11.1 Å². The van der Waals surface area contributed by atoms with Crippen LogP contribution in [0, 0.1) is 11.3 Å². The van der Waals surface area contributed by atoms with E-state index in [9.17, 15) is 14.4 Å². The highest BCUT2D eigenvalue weighted by atomic mass is 16.3. The largest absolute Gasteiger partial charge is 0.396 e. The van der Waals surface area contributed by atoms with Crippen LogP contribution in [0.25, 0.3) is 0 Å². The van der Waals surface area contributed by atoms with Crippen molar-refractivity contribution in [2.45, 2.75) is 46.1 Å². The fourth-order valence-corrected chi connectivity index (χ4v) is 5.32. The maximum absolute atomic E-state index is 13.2. The van der Waals surface area contributed by atoms with Crippen LogP contribution in [-0.4, -0.2) is 82.5 Å². The van der Waals surface area contributed by atoms with E-state index in [4.69, 9.17) is 5.11 Å². The lowest BCUT2D eigenvalue weighted by molar-refractivity contribution is -0.143. The first-order valence-electron chi connectivity index (χ1n) is 11.4. The normalized spacial score (nSPS) is 21.5. The van der Waals surface area contributed by atoms with Crippen molar-refractivity contribution < 1.29 is 14.7 Å². The second kappa shape index (κ2) is 8.74. The monoisotopic (exact) mass is 430 g/mol. The van der Waals surface area contributed by atoms with Gasteiger partial charge in [0.05, 0.1) is 0 Å². The summed E-state index contributed by atoms with van der Waals surface area (Å²) in [6.45, 7) is 9.04. The molecule has 0 unspecified atom stereocenters. The van der Waals surface area contributed by atoms with Gasteiger partial charge in [0.2, 0.25) is 5.91 Å². The molecule has 1 aromatic rings. The number of hydrogen-bond donors (Lipinski definition) is 2. The number of H-pyrrole nitrogens is 1. The first kappa shape index (κ1) is 22.0. The molecule has 31 heavy (non-hydrogen) atoms. The number of rotatable bonds is 5. The Morgan fingerprint density at radius 2 is 1.84 bits per heavy atom. The zero-order chi connectivity index (χ0) is 22.2. The molecular weight excluding hydrogens is 396 g/mol. The maximum atomic E-state index is 13.2. The topological polar surface area (TPSA) is 97.0 Å². The van der Waals surface area contributed by atoms with E-state index in [1.807, 2.05) is 4.90 Å².